The van der Waals surface area contributed by atoms with E-state index in [1.54, 1.807) is 0 Å². The molecule has 0 aliphatic carbocycles. The lowest BCUT2D eigenvalue weighted by Crippen LogP contribution is -2.43. The molecule has 3 rings (SSSR count). The van der Waals surface area contributed by atoms with Crippen molar-refractivity contribution in [3.05, 3.63) is 54.6 Å². The monoisotopic (exact) mass is 315 g/mol. The second kappa shape index (κ2) is 5.48. The minimum absolute atomic E-state index is 0.406. The van der Waals surface area contributed by atoms with Gasteiger partial charge >= 0.3 is 7.37 Å². The van der Waals surface area contributed by atoms with Crippen molar-refractivity contribution in [3.8, 4) is 5.75 Å². The molecule has 4 heteroatoms. The Kier molecular flexibility index (Phi) is 3.78. The molecule has 0 spiro atoms. The fourth-order valence-corrected chi connectivity index (χ4v) is 5.93. The van der Waals surface area contributed by atoms with Gasteiger partial charge in [-0.15, -0.1) is 0 Å². The van der Waals surface area contributed by atoms with Gasteiger partial charge in [-0.1, -0.05) is 44.2 Å². The molecule has 0 amide bonds. The van der Waals surface area contributed by atoms with E-state index in [-0.39, 0.29) is 0 Å². The van der Waals surface area contributed by atoms with Crippen LogP contribution in [0.1, 0.15) is 27.2 Å². The van der Waals surface area contributed by atoms with Crippen LogP contribution < -0.4 is 15.1 Å². The summed E-state index contributed by atoms with van der Waals surface area (Å²) in [5.41, 5.74) is 0.910. The largest absolute Gasteiger partial charge is 0.436 e. The Morgan fingerprint density at radius 2 is 1.73 bits per heavy atom. The van der Waals surface area contributed by atoms with Crippen LogP contribution in [0.25, 0.3) is 0 Å². The summed E-state index contributed by atoms with van der Waals surface area (Å²) >= 11 is 0. The first kappa shape index (κ1) is 15.2. The second-order valence-corrected chi connectivity index (χ2v) is 9.26. The molecule has 0 aromatic heterocycles. The number of fused-ring (bicyclic) bond motifs is 1. The SMILES string of the molecule is CC(C)C[C@]1(C)Nc2ccccc2O[P@]1(=O)c1ccccc1. The van der Waals surface area contributed by atoms with Crippen molar-refractivity contribution >= 4 is 18.4 Å². The van der Waals surface area contributed by atoms with E-state index >= 15 is 0 Å². The van der Waals surface area contributed by atoms with Gasteiger partial charge in [0.2, 0.25) is 0 Å². The molecule has 3 nitrogen and oxygen atoms in total. The number of benzene rings is 2. The number of anilines is 1. The maximum Gasteiger partial charge on any atom is 0.301 e. The van der Waals surface area contributed by atoms with Gasteiger partial charge in [0.25, 0.3) is 0 Å². The molecule has 0 saturated carbocycles. The molecule has 2 aromatic rings. The molecule has 1 heterocycles. The maximum absolute atomic E-state index is 13.9. The molecule has 1 N–H and O–H groups in total. The van der Waals surface area contributed by atoms with Crippen LogP contribution in [0.15, 0.2) is 54.6 Å². The zero-order chi connectivity index (χ0) is 15.8. The summed E-state index contributed by atoms with van der Waals surface area (Å²) in [5.74, 6) is 1.07. The van der Waals surface area contributed by atoms with Crippen molar-refractivity contribution in [3.63, 3.8) is 0 Å². The van der Waals surface area contributed by atoms with Crippen molar-refractivity contribution in [1.29, 1.82) is 0 Å². The third-order valence-corrected chi connectivity index (χ3v) is 7.10. The molecule has 22 heavy (non-hydrogen) atoms. The van der Waals surface area contributed by atoms with Crippen LogP contribution in [0.4, 0.5) is 5.69 Å². The van der Waals surface area contributed by atoms with Gasteiger partial charge in [0.1, 0.15) is 11.0 Å². The third-order valence-electron chi connectivity index (χ3n) is 4.07. The predicted molar refractivity (Wildman–Crippen MR) is 92.2 cm³/mol. The minimum Gasteiger partial charge on any atom is -0.436 e. The minimum atomic E-state index is -3.09. The van der Waals surface area contributed by atoms with Gasteiger partial charge in [-0.05, 0) is 43.5 Å². The normalized spacial score (nSPS) is 26.9. The fraction of sp³-hybridized carbons (Fsp3) is 0.333. The first-order valence-electron chi connectivity index (χ1n) is 7.67. The molecule has 2 aromatic carbocycles. The zero-order valence-corrected chi connectivity index (χ0v) is 14.1. The van der Waals surface area contributed by atoms with Crippen LogP contribution in [0.3, 0.4) is 0 Å². The zero-order valence-electron chi connectivity index (χ0n) is 13.2. The highest BCUT2D eigenvalue weighted by Gasteiger charge is 2.51. The molecular weight excluding hydrogens is 293 g/mol. The van der Waals surface area contributed by atoms with E-state index in [9.17, 15) is 4.57 Å². The lowest BCUT2D eigenvalue weighted by molar-refractivity contribution is 0.407. The van der Waals surface area contributed by atoms with Gasteiger partial charge in [-0.2, -0.15) is 0 Å². The first-order chi connectivity index (χ1) is 10.4. The average molecular weight is 315 g/mol. The van der Waals surface area contributed by atoms with Crippen LogP contribution in [0.2, 0.25) is 0 Å². The highest BCUT2D eigenvalue weighted by Crippen LogP contribution is 2.63. The molecule has 0 radical (unpaired) electrons. The molecule has 0 bridgehead atoms. The number of nitrogens with one attached hydrogen (secondary N) is 1. The summed E-state index contributed by atoms with van der Waals surface area (Å²) in [4.78, 5) is 0. The quantitative estimate of drug-likeness (QED) is 0.822. The first-order valence-corrected chi connectivity index (χ1v) is 9.30. The summed E-state index contributed by atoms with van der Waals surface area (Å²) in [6.07, 6.45) is 0.771. The van der Waals surface area contributed by atoms with Crippen LogP contribution in [-0.2, 0) is 4.57 Å². The number of rotatable bonds is 3. The molecular formula is C18H22NO2P. The van der Waals surface area contributed by atoms with Gasteiger partial charge in [0, 0.05) is 0 Å². The Balaban J connectivity index is 2.15. The highest BCUT2D eigenvalue weighted by atomic mass is 31.2. The molecule has 116 valence electrons. The number of para-hydroxylation sites is 2. The van der Waals surface area contributed by atoms with Crippen LogP contribution in [-0.4, -0.2) is 5.28 Å². The molecule has 1 aliphatic rings. The summed E-state index contributed by atoms with van der Waals surface area (Å²) in [7, 11) is -3.09. The lowest BCUT2D eigenvalue weighted by atomic mass is 10.0. The molecule has 0 unspecified atom stereocenters. The van der Waals surface area contributed by atoms with Crippen LogP contribution in [0.5, 0.6) is 5.75 Å². The molecule has 0 saturated heterocycles. The lowest BCUT2D eigenvalue weighted by Gasteiger charge is -2.44. The van der Waals surface area contributed by atoms with E-state index in [1.165, 1.54) is 0 Å². The van der Waals surface area contributed by atoms with E-state index in [0.717, 1.165) is 17.4 Å². The van der Waals surface area contributed by atoms with Gasteiger partial charge in [-0.3, -0.25) is 4.57 Å². The summed E-state index contributed by atoms with van der Waals surface area (Å²) in [5, 5.41) is 3.66. The molecule has 0 fully saturated rings. The van der Waals surface area contributed by atoms with Crippen molar-refractivity contribution in [2.75, 3.05) is 5.32 Å². The van der Waals surface area contributed by atoms with E-state index in [0.29, 0.717) is 11.7 Å². The van der Waals surface area contributed by atoms with Crippen LogP contribution in [0, 0.1) is 5.92 Å². The second-order valence-electron chi connectivity index (χ2n) is 6.47. The molecule has 2 atom stereocenters. The van der Waals surface area contributed by atoms with E-state index in [1.807, 2.05) is 61.5 Å². The maximum atomic E-state index is 13.9. The Bertz CT molecular complexity index is 714. The highest BCUT2D eigenvalue weighted by molar-refractivity contribution is 7.69. The van der Waals surface area contributed by atoms with Gasteiger partial charge in [-0.25, -0.2) is 0 Å². The number of hydrogen-bond acceptors (Lipinski definition) is 3. The smallest absolute Gasteiger partial charge is 0.301 e. The van der Waals surface area contributed by atoms with Gasteiger partial charge in [0.05, 0.1) is 11.0 Å². The molecule has 1 aliphatic heterocycles. The van der Waals surface area contributed by atoms with E-state index in [4.69, 9.17) is 4.52 Å². The predicted octanol–water partition coefficient (Wildman–Crippen LogP) is 4.86. The average Bonchev–Trinajstić information content (AvgIpc) is 2.48. The van der Waals surface area contributed by atoms with Crippen molar-refractivity contribution < 1.29 is 9.09 Å². The van der Waals surface area contributed by atoms with Gasteiger partial charge < -0.3 is 9.84 Å². The standard InChI is InChI=1S/C18H22NO2P/c1-14(2)13-18(3)19-16-11-7-8-12-17(16)21-22(18,20)15-9-5-4-6-10-15/h4-12,14,19H,13H2,1-3H3/t18-,22-/m1/s1. The fourth-order valence-electron chi connectivity index (χ4n) is 3.18. The Morgan fingerprint density at radius 1 is 1.09 bits per heavy atom. The van der Waals surface area contributed by atoms with E-state index in [2.05, 4.69) is 19.2 Å². The van der Waals surface area contributed by atoms with Crippen LogP contribution >= 0.6 is 7.37 Å². The topological polar surface area (TPSA) is 38.3 Å². The Morgan fingerprint density at radius 3 is 2.41 bits per heavy atom. The summed E-state index contributed by atoms with van der Waals surface area (Å²) in [6, 6.07) is 17.3. The van der Waals surface area contributed by atoms with Gasteiger partial charge in [0.15, 0.2) is 0 Å². The third kappa shape index (κ3) is 2.44. The Labute approximate surface area is 132 Å². The Hall–Kier alpha value is -1.73. The summed E-state index contributed by atoms with van der Waals surface area (Å²) < 4.78 is 20.0. The van der Waals surface area contributed by atoms with Crippen molar-refractivity contribution in [2.45, 2.75) is 32.5 Å². The van der Waals surface area contributed by atoms with E-state index < -0.39 is 12.6 Å². The summed E-state index contributed by atoms with van der Waals surface area (Å²) in [6.45, 7) is 6.29. The van der Waals surface area contributed by atoms with Crippen molar-refractivity contribution in [2.24, 2.45) is 5.92 Å². The number of hydrogen-bond donors (Lipinski definition) is 1. The van der Waals surface area contributed by atoms with Crippen molar-refractivity contribution in [1.82, 2.24) is 0 Å².